The van der Waals surface area contributed by atoms with Gasteiger partial charge in [-0.2, -0.15) is 0 Å². The molecule has 0 spiro atoms. The molecule has 2 aromatic rings. The van der Waals surface area contributed by atoms with Crippen molar-refractivity contribution in [2.45, 2.75) is 209 Å². The van der Waals surface area contributed by atoms with Crippen LogP contribution in [0.4, 0.5) is 0 Å². The monoisotopic (exact) mass is 1270 g/mol. The van der Waals surface area contributed by atoms with E-state index in [0.717, 1.165) is 48.5 Å². The fourth-order valence-corrected chi connectivity index (χ4v) is 9.95. The molecule has 3 saturated heterocycles. The van der Waals surface area contributed by atoms with Crippen LogP contribution in [0.3, 0.4) is 0 Å². The molecule has 2 amide bonds. The smallest absolute Gasteiger partial charge is 0.311 e. The molecule has 0 radical (unpaired) electrons. The number of ether oxygens (including phenoxy) is 16. The van der Waals surface area contributed by atoms with Gasteiger partial charge in [-0.25, -0.2) is 0 Å². The maximum atomic E-state index is 14.9. The molecule has 0 bridgehead atoms. The first kappa shape index (κ1) is 71.1. The third-order valence-electron chi connectivity index (χ3n) is 14.0. The second kappa shape index (κ2) is 30.2. The van der Waals surface area contributed by atoms with Gasteiger partial charge in [0.1, 0.15) is 63.0 Å². The zero-order valence-corrected chi connectivity index (χ0v) is 52.6. The highest BCUT2D eigenvalue weighted by atomic mass is 16.8. The van der Waals surface area contributed by atoms with Gasteiger partial charge in [0.25, 0.3) is 11.8 Å². The molecule has 0 N–H and O–H groups in total. The zero-order valence-electron chi connectivity index (χ0n) is 52.6. The summed E-state index contributed by atoms with van der Waals surface area (Å²) in [5, 5.41) is 0. The third kappa shape index (κ3) is 18.4. The topological polar surface area (TPSA) is 356 Å². The molecule has 0 aromatic heterocycles. The van der Waals surface area contributed by atoms with E-state index in [-0.39, 0.29) is 17.7 Å². The van der Waals surface area contributed by atoms with Crippen LogP contribution in [0.5, 0.6) is 0 Å². The number of esters is 10. The highest BCUT2D eigenvalue weighted by Crippen LogP contribution is 2.42. The summed E-state index contributed by atoms with van der Waals surface area (Å²) in [6.07, 6.45) is -28.1. The van der Waals surface area contributed by atoms with Crippen molar-refractivity contribution in [3.63, 3.8) is 0 Å². The van der Waals surface area contributed by atoms with Crippen molar-refractivity contribution in [3.05, 3.63) is 70.8 Å². The average Bonchev–Trinajstić information content (AvgIpc) is 1.38. The standard InChI is InChI=1S/C61H77NO28/c1-28(38-22-20-37(21-23-38)24-75-29(2)63)79-56-52(90-59(74)61(13,14)15)50(89-55-44(62-53(71)39-18-16-17-19-40(39)54(62)72)48(82-34(7)68)45(80-32(5)66)41(85-55)25-76-30(3)64)47(43(86-56)27-78-58(73)60(10,11)12)88-57-51(84-36(9)70)49(83-35(8)69)46(81-33(6)67)42(87-57)26-77-31(4)65/h16-23,28,41-52,55-57H,24-27H2,1-15H3/t28?,41-,42-,43-,44-,45-,46-,47+,48-,49+,50+,51-,52-,55+,56-,57+/m1/s1. The van der Waals surface area contributed by atoms with Crippen LogP contribution in [0.1, 0.15) is 142 Å². The van der Waals surface area contributed by atoms with Crippen LogP contribution < -0.4 is 0 Å². The fourth-order valence-electron chi connectivity index (χ4n) is 9.95. The van der Waals surface area contributed by atoms with Gasteiger partial charge < -0.3 is 75.8 Å². The number of fused-ring (bicyclic) bond motifs is 1. The normalized spacial score (nSPS) is 27.8. The summed E-state index contributed by atoms with van der Waals surface area (Å²) in [6.45, 7) is 16.4. The van der Waals surface area contributed by atoms with Crippen molar-refractivity contribution in [1.82, 2.24) is 4.90 Å². The van der Waals surface area contributed by atoms with E-state index < -0.39 is 200 Å². The largest absolute Gasteiger partial charge is 0.463 e. The predicted molar refractivity (Wildman–Crippen MR) is 299 cm³/mol. The first-order valence-electron chi connectivity index (χ1n) is 28.7. The zero-order chi connectivity index (χ0) is 66.9. The lowest BCUT2D eigenvalue weighted by Gasteiger charge is -2.52. The number of benzene rings is 2. The fraction of sp³-hybridized carbons (Fsp3) is 0.607. The Hall–Kier alpha value is -7.96. The Bertz CT molecular complexity index is 2970. The Morgan fingerprint density at radius 2 is 0.833 bits per heavy atom. The van der Waals surface area contributed by atoms with Gasteiger partial charge in [0.2, 0.25) is 0 Å². The van der Waals surface area contributed by atoms with Crippen molar-refractivity contribution in [3.8, 4) is 0 Å². The number of imide groups is 1. The van der Waals surface area contributed by atoms with E-state index in [2.05, 4.69) is 0 Å². The first-order chi connectivity index (χ1) is 42.0. The van der Waals surface area contributed by atoms with E-state index in [4.69, 9.17) is 75.8 Å². The van der Waals surface area contributed by atoms with Crippen LogP contribution in [0.15, 0.2) is 48.5 Å². The molecule has 0 aliphatic carbocycles. The van der Waals surface area contributed by atoms with Crippen molar-refractivity contribution in [2.24, 2.45) is 10.8 Å². The molecule has 494 valence electrons. The maximum Gasteiger partial charge on any atom is 0.311 e. The minimum atomic E-state index is -2.25. The van der Waals surface area contributed by atoms with Crippen molar-refractivity contribution < 1.29 is 133 Å². The van der Waals surface area contributed by atoms with Gasteiger partial charge in [-0.3, -0.25) is 62.4 Å². The van der Waals surface area contributed by atoms with Crippen molar-refractivity contribution in [2.75, 3.05) is 19.8 Å². The molecule has 4 aliphatic heterocycles. The van der Waals surface area contributed by atoms with Gasteiger partial charge >= 0.3 is 59.7 Å². The molecule has 16 atom stereocenters. The van der Waals surface area contributed by atoms with Crippen LogP contribution in [-0.2, 0) is 130 Å². The van der Waals surface area contributed by atoms with Gasteiger partial charge in [0.15, 0.2) is 55.5 Å². The summed E-state index contributed by atoms with van der Waals surface area (Å²) < 4.78 is 97.7. The molecule has 1 unspecified atom stereocenters. The number of carbonyl (C=O) groups excluding carboxylic acids is 12. The molecule has 4 heterocycles. The summed E-state index contributed by atoms with van der Waals surface area (Å²) in [7, 11) is 0. The second-order valence-corrected chi connectivity index (χ2v) is 23.6. The third-order valence-corrected chi connectivity index (χ3v) is 14.0. The molecule has 29 nitrogen and oxygen atoms in total. The van der Waals surface area contributed by atoms with Crippen LogP contribution in [0, 0.1) is 10.8 Å². The maximum absolute atomic E-state index is 14.9. The Labute approximate surface area is 518 Å². The first-order valence-corrected chi connectivity index (χ1v) is 28.7. The van der Waals surface area contributed by atoms with Crippen LogP contribution in [-0.4, -0.2) is 188 Å². The number of carbonyl (C=O) groups is 12. The minimum Gasteiger partial charge on any atom is -0.463 e. The van der Waals surface area contributed by atoms with E-state index in [0.29, 0.717) is 16.0 Å². The number of rotatable bonds is 22. The summed E-state index contributed by atoms with van der Waals surface area (Å²) in [4.78, 5) is 161. The van der Waals surface area contributed by atoms with Gasteiger partial charge in [-0.15, -0.1) is 0 Å². The van der Waals surface area contributed by atoms with Crippen molar-refractivity contribution >= 4 is 71.5 Å². The predicted octanol–water partition coefficient (Wildman–Crippen LogP) is 3.77. The molecule has 29 heteroatoms. The lowest BCUT2D eigenvalue weighted by atomic mass is 9.92. The van der Waals surface area contributed by atoms with E-state index >= 15 is 0 Å². The Morgan fingerprint density at radius 3 is 1.31 bits per heavy atom. The molecule has 0 saturated carbocycles. The molecule has 3 fully saturated rings. The Kier molecular flexibility index (Phi) is 23.9. The highest BCUT2D eigenvalue weighted by Gasteiger charge is 2.62. The molecule has 6 rings (SSSR count). The average molecular weight is 1270 g/mol. The van der Waals surface area contributed by atoms with E-state index in [1.807, 2.05) is 0 Å². The number of hydrogen-bond acceptors (Lipinski definition) is 28. The molecule has 4 aliphatic rings. The second-order valence-electron chi connectivity index (χ2n) is 23.6. The molecular formula is C61H77NO28. The van der Waals surface area contributed by atoms with Crippen molar-refractivity contribution in [1.29, 1.82) is 0 Å². The Morgan fingerprint density at radius 1 is 0.433 bits per heavy atom. The minimum absolute atomic E-state index is 0.0804. The van der Waals surface area contributed by atoms with Crippen LogP contribution in [0.2, 0.25) is 0 Å². The van der Waals surface area contributed by atoms with Crippen LogP contribution >= 0.6 is 0 Å². The van der Waals surface area contributed by atoms with Gasteiger partial charge in [0.05, 0.1) is 28.1 Å². The van der Waals surface area contributed by atoms with Crippen LogP contribution in [0.25, 0.3) is 0 Å². The van der Waals surface area contributed by atoms with E-state index in [1.54, 1.807) is 31.2 Å². The summed E-state index contributed by atoms with van der Waals surface area (Å²) >= 11 is 0. The quantitative estimate of drug-likeness (QED) is 0.0919. The molecule has 2 aromatic carbocycles. The number of hydrogen-bond donors (Lipinski definition) is 0. The van der Waals surface area contributed by atoms with Gasteiger partial charge in [0, 0.05) is 55.4 Å². The molecular weight excluding hydrogens is 1190 g/mol. The number of amides is 2. The van der Waals surface area contributed by atoms with E-state index in [1.165, 1.54) is 72.7 Å². The van der Waals surface area contributed by atoms with Gasteiger partial charge in [-0.1, -0.05) is 36.4 Å². The summed E-state index contributed by atoms with van der Waals surface area (Å²) in [5.74, 6) is -11.2. The van der Waals surface area contributed by atoms with E-state index in [9.17, 15) is 57.5 Å². The van der Waals surface area contributed by atoms with Gasteiger partial charge in [-0.05, 0) is 71.7 Å². The SMILES string of the molecule is CC(=O)OCc1ccc(C(C)O[C@@H]2O[C@H](COC(=O)C(C)(C)C)[C@H](O[C@@H]3O[C@H](COC(C)=O)[C@@H](OC(C)=O)[C@H](OC(C)=O)[C@H]3OC(C)=O)[C@H](O[C@@H]3O[C@H](COC(C)=O)[C@@H](OC(C)=O)[C@H](OC(C)=O)[C@H]3N3C(=O)c4ccccc4C3=O)[C@H]2OC(=O)C(C)(C)C)cc1. The number of nitrogens with zero attached hydrogens (tertiary/aromatic N) is 1. The molecule has 90 heavy (non-hydrogen) atoms. The summed E-state index contributed by atoms with van der Waals surface area (Å²) in [5.41, 5.74) is -1.88. The Balaban J connectivity index is 1.69. The summed E-state index contributed by atoms with van der Waals surface area (Å²) in [6, 6.07) is 10.1. The highest BCUT2D eigenvalue weighted by molar-refractivity contribution is 6.21. The lowest BCUT2D eigenvalue weighted by Crippen LogP contribution is -2.71. The lowest BCUT2D eigenvalue weighted by molar-refractivity contribution is -0.386.